The Morgan fingerprint density at radius 3 is 1.95 bits per heavy atom. The lowest BCUT2D eigenvalue weighted by atomic mass is 10.1. The zero-order valence-corrected chi connectivity index (χ0v) is 12.8. The van der Waals surface area contributed by atoms with Crippen molar-refractivity contribution in [1.29, 1.82) is 0 Å². The molecule has 1 unspecified atom stereocenters. The van der Waals surface area contributed by atoms with Gasteiger partial charge in [0, 0.05) is 26.3 Å². The molecule has 1 rings (SSSR count). The zero-order valence-electron chi connectivity index (χ0n) is 12.8. The molecule has 0 aliphatic rings. The fraction of sp³-hybridized carbons (Fsp3) is 0.625. The minimum absolute atomic E-state index is 0.394. The van der Waals surface area contributed by atoms with Gasteiger partial charge in [0.25, 0.3) is 0 Å². The van der Waals surface area contributed by atoms with Crippen molar-refractivity contribution in [3.8, 4) is 0 Å². The second-order valence-corrected chi connectivity index (χ2v) is 5.30. The molecule has 3 heteroatoms. The van der Waals surface area contributed by atoms with Crippen LogP contribution in [-0.4, -0.2) is 43.7 Å². The fourth-order valence-electron chi connectivity index (χ4n) is 2.27. The number of hydrogen-bond donors (Lipinski definition) is 1. The van der Waals surface area contributed by atoms with Crippen LogP contribution in [-0.2, 0) is 0 Å². The van der Waals surface area contributed by atoms with E-state index >= 15 is 0 Å². The van der Waals surface area contributed by atoms with Crippen LogP contribution in [0.15, 0.2) is 24.3 Å². The molecular weight excluding hydrogens is 236 g/mol. The lowest BCUT2D eigenvalue weighted by Gasteiger charge is -2.24. The van der Waals surface area contributed by atoms with Gasteiger partial charge in [-0.3, -0.25) is 0 Å². The maximum Gasteiger partial charge on any atom is 0.0916 e. The summed E-state index contributed by atoms with van der Waals surface area (Å²) in [6.45, 7) is 7.20. The normalized spacial score (nSPS) is 12.7. The summed E-state index contributed by atoms with van der Waals surface area (Å²) in [5.41, 5.74) is 2.16. The Hall–Kier alpha value is -1.06. The van der Waals surface area contributed by atoms with E-state index < -0.39 is 6.10 Å². The first kappa shape index (κ1) is 16.0. The average Bonchev–Trinajstić information content (AvgIpc) is 2.39. The smallest absolute Gasteiger partial charge is 0.0916 e. The molecular formula is C16H28N2O. The molecule has 19 heavy (non-hydrogen) atoms. The lowest BCUT2D eigenvalue weighted by molar-refractivity contribution is 0.113. The Kier molecular flexibility index (Phi) is 6.89. The zero-order chi connectivity index (χ0) is 14.3. The summed E-state index contributed by atoms with van der Waals surface area (Å²) in [4.78, 5) is 4.40. The van der Waals surface area contributed by atoms with Gasteiger partial charge in [-0.25, -0.2) is 0 Å². The molecule has 0 saturated carbocycles. The van der Waals surface area contributed by atoms with Crippen LogP contribution in [0.2, 0.25) is 0 Å². The summed E-state index contributed by atoms with van der Waals surface area (Å²) >= 11 is 0. The highest BCUT2D eigenvalue weighted by Gasteiger charge is 2.12. The van der Waals surface area contributed by atoms with E-state index in [1.807, 2.05) is 26.2 Å². The van der Waals surface area contributed by atoms with Crippen LogP contribution in [0, 0.1) is 0 Å². The van der Waals surface area contributed by atoms with Crippen LogP contribution in [0.4, 0.5) is 5.69 Å². The molecule has 0 fully saturated rings. The van der Waals surface area contributed by atoms with Crippen LogP contribution < -0.4 is 4.90 Å². The van der Waals surface area contributed by atoms with Crippen molar-refractivity contribution >= 4 is 5.69 Å². The van der Waals surface area contributed by atoms with Crippen molar-refractivity contribution < 1.29 is 5.11 Å². The average molecular weight is 264 g/mol. The molecule has 1 atom stereocenters. The SMILES string of the molecule is CCCN(CCC)CC(O)c1ccc(N(C)C)cc1. The molecule has 0 radical (unpaired) electrons. The van der Waals surface area contributed by atoms with E-state index in [1.54, 1.807) is 0 Å². The molecule has 1 aromatic rings. The van der Waals surface area contributed by atoms with Gasteiger partial charge in [-0.2, -0.15) is 0 Å². The second kappa shape index (κ2) is 8.18. The van der Waals surface area contributed by atoms with Crippen molar-refractivity contribution in [3.05, 3.63) is 29.8 Å². The van der Waals surface area contributed by atoms with Crippen LogP contribution in [0.5, 0.6) is 0 Å². The van der Waals surface area contributed by atoms with Crippen LogP contribution >= 0.6 is 0 Å². The molecule has 3 nitrogen and oxygen atoms in total. The summed E-state index contributed by atoms with van der Waals surface area (Å²) in [5, 5.41) is 10.3. The third-order valence-corrected chi connectivity index (χ3v) is 3.31. The number of benzene rings is 1. The standard InChI is InChI=1S/C16H28N2O/c1-5-11-18(12-6-2)13-16(19)14-7-9-15(10-8-14)17(3)4/h7-10,16,19H,5-6,11-13H2,1-4H3. The van der Waals surface area contributed by atoms with Crippen molar-refractivity contribution in [2.45, 2.75) is 32.8 Å². The Morgan fingerprint density at radius 2 is 1.53 bits per heavy atom. The predicted octanol–water partition coefficient (Wildman–Crippen LogP) is 2.91. The van der Waals surface area contributed by atoms with E-state index in [-0.39, 0.29) is 0 Å². The Balaban J connectivity index is 2.62. The number of aliphatic hydroxyl groups excluding tert-OH is 1. The summed E-state index contributed by atoms with van der Waals surface area (Å²) in [6.07, 6.45) is 1.87. The van der Waals surface area contributed by atoms with Gasteiger partial charge in [0.1, 0.15) is 0 Å². The summed E-state index contributed by atoms with van der Waals surface area (Å²) < 4.78 is 0. The van der Waals surface area contributed by atoms with E-state index in [1.165, 1.54) is 0 Å². The second-order valence-electron chi connectivity index (χ2n) is 5.30. The Morgan fingerprint density at radius 1 is 1.00 bits per heavy atom. The fourth-order valence-corrected chi connectivity index (χ4v) is 2.27. The van der Waals surface area contributed by atoms with E-state index in [4.69, 9.17) is 0 Å². The number of aliphatic hydroxyl groups is 1. The predicted molar refractivity (Wildman–Crippen MR) is 82.8 cm³/mol. The third-order valence-electron chi connectivity index (χ3n) is 3.31. The molecule has 0 aliphatic carbocycles. The van der Waals surface area contributed by atoms with E-state index in [9.17, 15) is 5.11 Å². The summed E-state index contributed by atoms with van der Waals surface area (Å²) in [5.74, 6) is 0. The first-order chi connectivity index (χ1) is 9.08. The van der Waals surface area contributed by atoms with E-state index in [0.29, 0.717) is 0 Å². The first-order valence-electron chi connectivity index (χ1n) is 7.26. The highest BCUT2D eigenvalue weighted by molar-refractivity contribution is 5.46. The molecule has 0 saturated heterocycles. The summed E-state index contributed by atoms with van der Waals surface area (Å²) in [7, 11) is 4.05. The van der Waals surface area contributed by atoms with Gasteiger partial charge in [-0.1, -0.05) is 26.0 Å². The molecule has 108 valence electrons. The van der Waals surface area contributed by atoms with Crippen molar-refractivity contribution in [1.82, 2.24) is 4.90 Å². The lowest BCUT2D eigenvalue weighted by Crippen LogP contribution is -2.30. The van der Waals surface area contributed by atoms with Gasteiger partial charge in [0.15, 0.2) is 0 Å². The highest BCUT2D eigenvalue weighted by Crippen LogP contribution is 2.19. The monoisotopic (exact) mass is 264 g/mol. The molecule has 0 amide bonds. The molecule has 0 heterocycles. The quantitative estimate of drug-likeness (QED) is 0.782. The van der Waals surface area contributed by atoms with Gasteiger partial charge in [0.05, 0.1) is 6.10 Å². The van der Waals surface area contributed by atoms with Gasteiger partial charge < -0.3 is 14.9 Å². The minimum Gasteiger partial charge on any atom is -0.387 e. The first-order valence-corrected chi connectivity index (χ1v) is 7.26. The van der Waals surface area contributed by atoms with Crippen LogP contribution in [0.1, 0.15) is 38.4 Å². The largest absolute Gasteiger partial charge is 0.387 e. The molecule has 0 bridgehead atoms. The molecule has 0 aromatic heterocycles. The van der Waals surface area contributed by atoms with Gasteiger partial charge in [0.2, 0.25) is 0 Å². The topological polar surface area (TPSA) is 26.7 Å². The van der Waals surface area contributed by atoms with Gasteiger partial charge >= 0.3 is 0 Å². The Bertz CT molecular complexity index is 342. The van der Waals surface area contributed by atoms with Crippen LogP contribution in [0.25, 0.3) is 0 Å². The number of hydrogen-bond acceptors (Lipinski definition) is 3. The molecule has 1 N–H and O–H groups in total. The van der Waals surface area contributed by atoms with Crippen LogP contribution in [0.3, 0.4) is 0 Å². The van der Waals surface area contributed by atoms with Crippen molar-refractivity contribution in [2.24, 2.45) is 0 Å². The van der Waals surface area contributed by atoms with Crippen molar-refractivity contribution in [3.63, 3.8) is 0 Å². The minimum atomic E-state index is -0.394. The Labute approximate surface area is 117 Å². The van der Waals surface area contributed by atoms with Gasteiger partial charge in [-0.05, 0) is 43.6 Å². The maximum atomic E-state index is 10.3. The molecule has 0 aliphatic heterocycles. The van der Waals surface area contributed by atoms with E-state index in [2.05, 4.69) is 35.8 Å². The summed E-state index contributed by atoms with van der Waals surface area (Å²) in [6, 6.07) is 8.16. The number of rotatable bonds is 8. The number of nitrogens with zero attached hydrogens (tertiary/aromatic N) is 2. The van der Waals surface area contributed by atoms with E-state index in [0.717, 1.165) is 43.7 Å². The number of anilines is 1. The third kappa shape index (κ3) is 5.21. The van der Waals surface area contributed by atoms with Crippen molar-refractivity contribution in [2.75, 3.05) is 38.6 Å². The molecule has 1 aromatic carbocycles. The molecule has 0 spiro atoms. The van der Waals surface area contributed by atoms with Gasteiger partial charge in [-0.15, -0.1) is 0 Å². The maximum absolute atomic E-state index is 10.3. The highest BCUT2D eigenvalue weighted by atomic mass is 16.3.